The van der Waals surface area contributed by atoms with E-state index in [4.69, 9.17) is 0 Å². The van der Waals surface area contributed by atoms with Gasteiger partial charge in [-0.1, -0.05) is 59.7 Å². The van der Waals surface area contributed by atoms with Crippen molar-refractivity contribution in [2.45, 2.75) is 45.4 Å². The summed E-state index contributed by atoms with van der Waals surface area (Å²) in [5, 5.41) is 3.08. The fourth-order valence-corrected chi connectivity index (χ4v) is 5.22. The van der Waals surface area contributed by atoms with Crippen molar-refractivity contribution in [3.8, 4) is 0 Å². The molecule has 2 aromatic carbocycles. The monoisotopic (exact) mass is 414 g/mol. The number of hydrogen-bond acceptors (Lipinski definition) is 3. The van der Waals surface area contributed by atoms with Gasteiger partial charge in [0.25, 0.3) is 0 Å². The lowest BCUT2D eigenvalue weighted by atomic mass is 9.96. The van der Waals surface area contributed by atoms with Gasteiger partial charge in [0.2, 0.25) is 15.9 Å². The van der Waals surface area contributed by atoms with Crippen molar-refractivity contribution in [2.75, 3.05) is 13.1 Å². The number of aryl methyl sites for hydroxylation is 2. The zero-order valence-corrected chi connectivity index (χ0v) is 18.2. The highest BCUT2D eigenvalue weighted by atomic mass is 32.2. The van der Waals surface area contributed by atoms with Gasteiger partial charge >= 0.3 is 0 Å². The minimum absolute atomic E-state index is 0.00802. The summed E-state index contributed by atoms with van der Waals surface area (Å²) in [5.41, 5.74) is 4.16. The Morgan fingerprint density at radius 3 is 2.07 bits per heavy atom. The Morgan fingerprint density at radius 2 is 1.52 bits per heavy atom. The zero-order chi connectivity index (χ0) is 21.0. The predicted octanol–water partition coefficient (Wildman–Crippen LogP) is 3.72. The van der Waals surface area contributed by atoms with Crippen molar-refractivity contribution in [1.82, 2.24) is 9.62 Å². The zero-order valence-electron chi connectivity index (χ0n) is 17.4. The molecule has 1 aliphatic heterocycles. The van der Waals surface area contributed by atoms with Crippen molar-refractivity contribution in [3.63, 3.8) is 0 Å². The summed E-state index contributed by atoms with van der Waals surface area (Å²) in [6.07, 6.45) is 1.11. The molecule has 1 saturated heterocycles. The number of piperidine rings is 1. The van der Waals surface area contributed by atoms with Gasteiger partial charge in [-0.15, -0.1) is 0 Å². The van der Waals surface area contributed by atoms with Crippen LogP contribution in [0.15, 0.2) is 48.5 Å². The van der Waals surface area contributed by atoms with Gasteiger partial charge in [-0.25, -0.2) is 12.7 Å². The Bertz CT molecular complexity index is 929. The highest BCUT2D eigenvalue weighted by molar-refractivity contribution is 7.88. The van der Waals surface area contributed by atoms with Gasteiger partial charge in [0.1, 0.15) is 0 Å². The molecular formula is C23H30N2O3S. The van der Waals surface area contributed by atoms with Gasteiger partial charge < -0.3 is 5.32 Å². The lowest BCUT2D eigenvalue weighted by Gasteiger charge is -2.31. The first-order chi connectivity index (χ1) is 13.7. The van der Waals surface area contributed by atoms with Gasteiger partial charge in [0, 0.05) is 19.0 Å². The predicted molar refractivity (Wildman–Crippen MR) is 116 cm³/mol. The van der Waals surface area contributed by atoms with Gasteiger partial charge in [-0.2, -0.15) is 0 Å². The van der Waals surface area contributed by atoms with E-state index in [2.05, 4.69) is 5.32 Å². The van der Waals surface area contributed by atoms with E-state index in [1.54, 1.807) is 0 Å². The Morgan fingerprint density at radius 1 is 1.00 bits per heavy atom. The Hall–Kier alpha value is -2.18. The van der Waals surface area contributed by atoms with Crippen LogP contribution in [0.3, 0.4) is 0 Å². The van der Waals surface area contributed by atoms with Gasteiger partial charge in [-0.05, 0) is 44.7 Å². The molecule has 156 valence electrons. The molecule has 1 heterocycles. The van der Waals surface area contributed by atoms with E-state index in [-0.39, 0.29) is 23.6 Å². The third-order valence-corrected chi connectivity index (χ3v) is 7.47. The molecule has 0 unspecified atom stereocenters. The summed E-state index contributed by atoms with van der Waals surface area (Å²) in [6.45, 7) is 6.78. The van der Waals surface area contributed by atoms with Gasteiger partial charge in [-0.3, -0.25) is 4.79 Å². The number of sulfonamides is 1. The molecule has 1 aliphatic rings. The fraction of sp³-hybridized carbons (Fsp3) is 0.435. The smallest absolute Gasteiger partial charge is 0.223 e. The number of nitrogens with zero attached hydrogens (tertiary/aromatic N) is 1. The summed E-state index contributed by atoms with van der Waals surface area (Å²) in [4.78, 5) is 12.6. The van der Waals surface area contributed by atoms with E-state index in [1.807, 2.05) is 69.3 Å². The summed E-state index contributed by atoms with van der Waals surface area (Å²) >= 11 is 0. The quantitative estimate of drug-likeness (QED) is 0.783. The van der Waals surface area contributed by atoms with Gasteiger partial charge in [0.15, 0.2) is 0 Å². The van der Waals surface area contributed by atoms with E-state index in [9.17, 15) is 13.2 Å². The van der Waals surface area contributed by atoms with E-state index < -0.39 is 10.0 Å². The first kappa shape index (κ1) is 21.5. The lowest BCUT2D eigenvalue weighted by Crippen LogP contribution is -2.43. The van der Waals surface area contributed by atoms with Crippen molar-refractivity contribution in [1.29, 1.82) is 0 Å². The molecule has 2 aromatic rings. The second-order valence-corrected chi connectivity index (χ2v) is 10.0. The van der Waals surface area contributed by atoms with Crippen LogP contribution in [-0.2, 0) is 20.6 Å². The number of nitrogens with one attached hydrogen (secondary N) is 1. The molecule has 1 N–H and O–H groups in total. The highest BCUT2D eigenvalue weighted by Crippen LogP contribution is 2.23. The maximum atomic E-state index is 12.7. The number of rotatable bonds is 6. The second-order valence-electron chi connectivity index (χ2n) is 8.06. The molecule has 0 spiro atoms. The Labute approximate surface area is 174 Å². The molecule has 1 amide bonds. The first-order valence-electron chi connectivity index (χ1n) is 10.1. The van der Waals surface area contributed by atoms with E-state index in [1.165, 1.54) is 9.87 Å². The molecule has 0 radical (unpaired) electrons. The number of amides is 1. The van der Waals surface area contributed by atoms with Crippen LogP contribution < -0.4 is 5.32 Å². The number of carbonyl (C=O) groups is 1. The standard InChI is InChI=1S/C23H30N2O3S/c1-17-4-8-20(9-5-17)16-29(27,28)25-14-12-22(13-15-25)23(26)24-19(3)21-10-6-18(2)7-11-21/h4-11,19,22H,12-16H2,1-3H3,(H,24,26)/t19-/m1/s1. The molecule has 0 aromatic heterocycles. The van der Waals surface area contributed by atoms with Crippen molar-refractivity contribution in [3.05, 3.63) is 70.8 Å². The normalized spacial score (nSPS) is 17.1. The molecule has 6 heteroatoms. The fourth-order valence-electron chi connectivity index (χ4n) is 3.65. The highest BCUT2D eigenvalue weighted by Gasteiger charge is 2.31. The van der Waals surface area contributed by atoms with Crippen LogP contribution in [0.1, 0.15) is 48.1 Å². The molecule has 0 saturated carbocycles. The molecule has 5 nitrogen and oxygen atoms in total. The van der Waals surface area contributed by atoms with Crippen LogP contribution in [-0.4, -0.2) is 31.7 Å². The summed E-state index contributed by atoms with van der Waals surface area (Å²) in [5.74, 6) is -0.128. The molecular weight excluding hydrogens is 384 g/mol. The number of benzene rings is 2. The van der Waals surface area contributed by atoms with E-state index in [0.29, 0.717) is 25.9 Å². The molecule has 1 atom stereocenters. The summed E-state index contributed by atoms with van der Waals surface area (Å²) in [7, 11) is -3.37. The lowest BCUT2D eigenvalue weighted by molar-refractivity contribution is -0.126. The third-order valence-electron chi connectivity index (χ3n) is 5.62. The maximum absolute atomic E-state index is 12.7. The van der Waals surface area contributed by atoms with Crippen LogP contribution in [0.25, 0.3) is 0 Å². The average Bonchev–Trinajstić information content (AvgIpc) is 2.70. The summed E-state index contributed by atoms with van der Waals surface area (Å²) in [6, 6.07) is 15.6. The van der Waals surface area contributed by atoms with Crippen molar-refractivity contribution >= 4 is 15.9 Å². The van der Waals surface area contributed by atoms with E-state index >= 15 is 0 Å². The largest absolute Gasteiger partial charge is 0.349 e. The topological polar surface area (TPSA) is 66.5 Å². The Balaban J connectivity index is 1.53. The molecule has 0 aliphatic carbocycles. The number of hydrogen-bond donors (Lipinski definition) is 1. The first-order valence-corrected chi connectivity index (χ1v) is 11.8. The van der Waals surface area contributed by atoms with Crippen LogP contribution in [0, 0.1) is 19.8 Å². The minimum atomic E-state index is -3.37. The number of carbonyl (C=O) groups excluding carboxylic acids is 1. The van der Waals surface area contributed by atoms with E-state index in [0.717, 1.165) is 16.7 Å². The average molecular weight is 415 g/mol. The summed E-state index contributed by atoms with van der Waals surface area (Å²) < 4.78 is 27.0. The second kappa shape index (κ2) is 9.09. The van der Waals surface area contributed by atoms with Gasteiger partial charge in [0.05, 0.1) is 11.8 Å². The third kappa shape index (κ3) is 5.67. The van der Waals surface area contributed by atoms with Crippen molar-refractivity contribution in [2.24, 2.45) is 5.92 Å². The molecule has 29 heavy (non-hydrogen) atoms. The van der Waals surface area contributed by atoms with Crippen molar-refractivity contribution < 1.29 is 13.2 Å². The minimum Gasteiger partial charge on any atom is -0.349 e. The van der Waals surface area contributed by atoms with Crippen LogP contribution >= 0.6 is 0 Å². The molecule has 3 rings (SSSR count). The van der Waals surface area contributed by atoms with Crippen LogP contribution in [0.5, 0.6) is 0 Å². The SMILES string of the molecule is Cc1ccc(CS(=O)(=O)N2CCC(C(=O)N[C@H](C)c3ccc(C)cc3)CC2)cc1. The maximum Gasteiger partial charge on any atom is 0.223 e. The van der Waals surface area contributed by atoms with Crippen LogP contribution in [0.2, 0.25) is 0 Å². The molecule has 1 fully saturated rings. The Kier molecular flexibility index (Phi) is 6.75. The molecule has 0 bridgehead atoms. The van der Waals surface area contributed by atoms with Crippen LogP contribution in [0.4, 0.5) is 0 Å².